The first-order valence-corrected chi connectivity index (χ1v) is 11.2. The number of piperidine rings is 1. The molecule has 2 N–H and O–H groups in total. The van der Waals surface area contributed by atoms with Crippen LogP contribution in [0.3, 0.4) is 0 Å². The Morgan fingerprint density at radius 3 is 2.73 bits per heavy atom. The summed E-state index contributed by atoms with van der Waals surface area (Å²) in [4.78, 5) is 11.3. The minimum Gasteiger partial charge on any atom is -0.394 e. The third-order valence-corrected chi connectivity index (χ3v) is 6.41. The lowest BCUT2D eigenvalue weighted by atomic mass is 9.85. The Hall–Kier alpha value is -2.33. The minimum absolute atomic E-state index is 0. The molecule has 5 rings (SSSR count). The zero-order valence-corrected chi connectivity index (χ0v) is 19.7. The van der Waals surface area contributed by atoms with E-state index < -0.39 is 6.17 Å². The van der Waals surface area contributed by atoms with Crippen LogP contribution < -0.4 is 10.2 Å². The van der Waals surface area contributed by atoms with Gasteiger partial charge in [0, 0.05) is 37.0 Å². The highest BCUT2D eigenvalue weighted by Gasteiger charge is 2.30. The maximum absolute atomic E-state index is 14.7. The summed E-state index contributed by atoms with van der Waals surface area (Å²) in [7, 11) is 0. The predicted octanol–water partition coefficient (Wildman–Crippen LogP) is 2.47. The molecule has 2 atom stereocenters. The van der Waals surface area contributed by atoms with Crippen molar-refractivity contribution >= 4 is 29.1 Å². The van der Waals surface area contributed by atoms with Crippen LogP contribution in [0.4, 0.5) is 10.2 Å². The Morgan fingerprint density at radius 2 is 1.97 bits per heavy atom. The highest BCUT2D eigenvalue weighted by Crippen LogP contribution is 2.33. The molecule has 0 spiro atoms. The number of hydrogen-bond donors (Lipinski definition) is 2. The molecule has 0 saturated carbocycles. The van der Waals surface area contributed by atoms with Crippen molar-refractivity contribution in [3.05, 3.63) is 41.3 Å². The summed E-state index contributed by atoms with van der Waals surface area (Å²) in [5.74, 6) is 2.08. The van der Waals surface area contributed by atoms with Gasteiger partial charge in [-0.25, -0.2) is 19.0 Å². The molecule has 0 aliphatic carbocycles. The van der Waals surface area contributed by atoms with E-state index in [4.69, 9.17) is 9.84 Å². The maximum Gasteiger partial charge on any atom is 0.159 e. The third kappa shape index (κ3) is 4.68. The van der Waals surface area contributed by atoms with Gasteiger partial charge in [0.2, 0.25) is 0 Å². The highest BCUT2D eigenvalue weighted by atomic mass is 35.5. The summed E-state index contributed by atoms with van der Waals surface area (Å²) >= 11 is 0. The lowest BCUT2D eigenvalue weighted by molar-refractivity contribution is 0.0132. The molecule has 2 fully saturated rings. The van der Waals surface area contributed by atoms with Gasteiger partial charge in [0.05, 0.1) is 31.0 Å². The van der Waals surface area contributed by atoms with Crippen LogP contribution >= 0.6 is 12.4 Å². The maximum atomic E-state index is 14.7. The summed E-state index contributed by atoms with van der Waals surface area (Å²) in [6.07, 6.45) is 1.83. The van der Waals surface area contributed by atoms with Gasteiger partial charge in [-0.15, -0.1) is 12.4 Å². The molecular formula is C23H30ClFN6O2. The molecule has 2 aliphatic heterocycles. The highest BCUT2D eigenvalue weighted by molar-refractivity contribution is 5.85. The number of ether oxygens (including phenoxy) is 1. The van der Waals surface area contributed by atoms with Gasteiger partial charge in [0.1, 0.15) is 17.8 Å². The van der Waals surface area contributed by atoms with Gasteiger partial charge in [0.25, 0.3) is 0 Å². The SMILES string of the molecule is Cc1nc(N2CC(OCCO)C2)cc(-n2ncc3cc(C)c([C@@H]4CCNC[C@@H]4F)cc32)n1.Cl. The lowest BCUT2D eigenvalue weighted by Crippen LogP contribution is -2.53. The molecule has 33 heavy (non-hydrogen) atoms. The number of alkyl halides is 1. The van der Waals surface area contributed by atoms with Gasteiger partial charge in [-0.05, 0) is 50.1 Å². The number of anilines is 1. The fourth-order valence-electron chi connectivity index (χ4n) is 4.71. The fraction of sp³-hybridized carbons (Fsp3) is 0.522. The van der Waals surface area contributed by atoms with Crippen molar-refractivity contribution in [3.8, 4) is 5.82 Å². The first kappa shape index (κ1) is 23.8. The third-order valence-electron chi connectivity index (χ3n) is 6.41. The van der Waals surface area contributed by atoms with E-state index >= 15 is 0 Å². The molecule has 3 aromatic rings. The van der Waals surface area contributed by atoms with Gasteiger partial charge in [0.15, 0.2) is 5.82 Å². The number of fused-ring (bicyclic) bond motifs is 1. The zero-order valence-electron chi connectivity index (χ0n) is 18.9. The van der Waals surface area contributed by atoms with Gasteiger partial charge in [-0.1, -0.05) is 0 Å². The summed E-state index contributed by atoms with van der Waals surface area (Å²) in [6.45, 7) is 6.98. The number of aliphatic hydroxyl groups excluding tert-OH is 1. The summed E-state index contributed by atoms with van der Waals surface area (Å²) in [6, 6.07) is 6.11. The fourth-order valence-corrected chi connectivity index (χ4v) is 4.71. The number of aryl methyl sites for hydroxylation is 2. The van der Waals surface area contributed by atoms with Gasteiger partial charge >= 0.3 is 0 Å². The quantitative estimate of drug-likeness (QED) is 0.565. The molecule has 4 heterocycles. The molecule has 1 aromatic carbocycles. The van der Waals surface area contributed by atoms with E-state index in [1.165, 1.54) is 0 Å². The van der Waals surface area contributed by atoms with E-state index in [1.807, 2.05) is 30.8 Å². The Kier molecular flexibility index (Phi) is 7.13. The van der Waals surface area contributed by atoms with Crippen molar-refractivity contribution < 1.29 is 14.2 Å². The first-order valence-electron chi connectivity index (χ1n) is 11.2. The Balaban J connectivity index is 0.00000259. The average molecular weight is 477 g/mol. The second kappa shape index (κ2) is 9.89. The van der Waals surface area contributed by atoms with Crippen molar-refractivity contribution in [1.29, 1.82) is 0 Å². The van der Waals surface area contributed by atoms with Crippen LogP contribution in [0.15, 0.2) is 24.4 Å². The smallest absolute Gasteiger partial charge is 0.159 e. The van der Waals surface area contributed by atoms with Gasteiger partial charge < -0.3 is 20.1 Å². The molecule has 0 bridgehead atoms. The largest absolute Gasteiger partial charge is 0.394 e. The summed E-state index contributed by atoms with van der Waals surface area (Å²) in [5.41, 5.74) is 3.07. The zero-order chi connectivity index (χ0) is 22.2. The van der Waals surface area contributed by atoms with E-state index in [-0.39, 0.29) is 31.0 Å². The number of halogens is 2. The second-order valence-corrected chi connectivity index (χ2v) is 8.69. The number of aliphatic hydroxyl groups is 1. The minimum atomic E-state index is -0.892. The van der Waals surface area contributed by atoms with Crippen molar-refractivity contribution in [2.45, 2.75) is 38.5 Å². The summed E-state index contributed by atoms with van der Waals surface area (Å²) < 4.78 is 22.1. The number of benzene rings is 1. The van der Waals surface area contributed by atoms with Gasteiger partial charge in [-0.3, -0.25) is 0 Å². The average Bonchev–Trinajstić information content (AvgIpc) is 3.15. The number of nitrogens with zero attached hydrogens (tertiary/aromatic N) is 5. The molecule has 0 amide bonds. The number of hydrogen-bond acceptors (Lipinski definition) is 7. The van der Waals surface area contributed by atoms with E-state index in [0.717, 1.165) is 53.9 Å². The molecule has 178 valence electrons. The Bertz CT molecular complexity index is 1120. The van der Waals surface area contributed by atoms with Crippen molar-refractivity contribution in [1.82, 2.24) is 25.1 Å². The molecule has 8 nitrogen and oxygen atoms in total. The van der Waals surface area contributed by atoms with E-state index in [9.17, 15) is 4.39 Å². The van der Waals surface area contributed by atoms with E-state index in [1.54, 1.807) is 0 Å². The van der Waals surface area contributed by atoms with Crippen LogP contribution in [0, 0.1) is 13.8 Å². The molecule has 0 unspecified atom stereocenters. The molecule has 2 aromatic heterocycles. The Labute approximate surface area is 198 Å². The lowest BCUT2D eigenvalue weighted by Gasteiger charge is -2.39. The molecule has 10 heteroatoms. The van der Waals surface area contributed by atoms with E-state index in [0.29, 0.717) is 24.8 Å². The monoisotopic (exact) mass is 476 g/mol. The molecular weight excluding hydrogens is 447 g/mol. The number of nitrogens with one attached hydrogen (secondary N) is 1. The summed E-state index contributed by atoms with van der Waals surface area (Å²) in [5, 5.41) is 17.7. The first-order chi connectivity index (χ1) is 15.5. The van der Waals surface area contributed by atoms with Crippen LogP contribution in [-0.4, -0.2) is 76.5 Å². The van der Waals surface area contributed by atoms with E-state index in [2.05, 4.69) is 37.4 Å². The predicted molar refractivity (Wildman–Crippen MR) is 128 cm³/mol. The molecule has 0 radical (unpaired) electrons. The van der Waals surface area contributed by atoms with Gasteiger partial charge in [-0.2, -0.15) is 5.10 Å². The van der Waals surface area contributed by atoms with Crippen molar-refractivity contribution in [2.75, 3.05) is 44.3 Å². The standard InChI is InChI=1S/C23H29FN6O2.ClH/c1-14-7-16-10-26-30(21(16)8-19(14)18-3-4-25-11-20(18)24)23-9-22(27-15(2)28-23)29-12-17(13-29)32-6-5-31;/h7-10,17-18,20,25,31H,3-6,11-13H2,1-2H3;1H/t18-,20-;/m0./s1. The molecule has 2 saturated heterocycles. The second-order valence-electron chi connectivity index (χ2n) is 8.69. The van der Waals surface area contributed by atoms with Crippen LogP contribution in [0.2, 0.25) is 0 Å². The Morgan fingerprint density at radius 1 is 1.18 bits per heavy atom. The van der Waals surface area contributed by atoms with Crippen LogP contribution in [-0.2, 0) is 4.74 Å². The van der Waals surface area contributed by atoms with Crippen LogP contribution in [0.25, 0.3) is 16.7 Å². The number of rotatable bonds is 6. The molecule has 2 aliphatic rings. The number of aromatic nitrogens is 4. The topological polar surface area (TPSA) is 88.3 Å². The van der Waals surface area contributed by atoms with Crippen molar-refractivity contribution in [2.24, 2.45) is 0 Å². The van der Waals surface area contributed by atoms with Crippen molar-refractivity contribution in [3.63, 3.8) is 0 Å². The van der Waals surface area contributed by atoms with Crippen LogP contribution in [0.5, 0.6) is 0 Å². The normalized spacial score (nSPS) is 21.2. The van der Waals surface area contributed by atoms with Crippen LogP contribution in [0.1, 0.15) is 29.3 Å².